The molecule has 29 heavy (non-hydrogen) atoms. The number of hydrogen-bond donors (Lipinski definition) is 1. The topological polar surface area (TPSA) is 94.2 Å². The number of nitrogens with one attached hydrogen (secondary N) is 1. The SMILES string of the molecule is COc1ccc(O[C@@H](C)C(=O)Nc2ccc(S(=O)(=O)N3CCOCC3)cc2)cc1. The van der Waals surface area contributed by atoms with Crippen LogP contribution in [0, 0.1) is 0 Å². The summed E-state index contributed by atoms with van der Waals surface area (Å²) in [6, 6.07) is 13.0. The quantitative estimate of drug-likeness (QED) is 0.737. The Labute approximate surface area is 170 Å². The number of rotatable bonds is 7. The van der Waals surface area contributed by atoms with Crippen LogP contribution >= 0.6 is 0 Å². The van der Waals surface area contributed by atoms with Crippen LogP contribution in [0.5, 0.6) is 11.5 Å². The molecule has 8 nitrogen and oxygen atoms in total. The van der Waals surface area contributed by atoms with Crippen molar-refractivity contribution in [2.75, 3.05) is 38.7 Å². The second-order valence-corrected chi connectivity index (χ2v) is 8.40. The molecule has 1 heterocycles. The van der Waals surface area contributed by atoms with Gasteiger partial charge in [-0.25, -0.2) is 8.42 Å². The fourth-order valence-corrected chi connectivity index (χ4v) is 4.21. The van der Waals surface area contributed by atoms with Crippen molar-refractivity contribution in [3.8, 4) is 11.5 Å². The van der Waals surface area contributed by atoms with E-state index in [1.807, 2.05) is 0 Å². The molecule has 1 aliphatic rings. The van der Waals surface area contributed by atoms with Crippen LogP contribution in [-0.4, -0.2) is 58.1 Å². The van der Waals surface area contributed by atoms with Crippen molar-refractivity contribution in [2.45, 2.75) is 17.9 Å². The predicted octanol–water partition coefficient (Wildman–Crippen LogP) is 2.12. The van der Waals surface area contributed by atoms with Gasteiger partial charge in [0.2, 0.25) is 10.0 Å². The zero-order chi connectivity index (χ0) is 20.9. The van der Waals surface area contributed by atoms with Crippen molar-refractivity contribution in [2.24, 2.45) is 0 Å². The molecule has 1 fully saturated rings. The Morgan fingerprint density at radius 3 is 2.21 bits per heavy atom. The molecule has 0 spiro atoms. The Bertz CT molecular complexity index is 922. The molecule has 3 rings (SSSR count). The van der Waals surface area contributed by atoms with Gasteiger partial charge in [0.05, 0.1) is 25.2 Å². The molecule has 0 aliphatic carbocycles. The van der Waals surface area contributed by atoms with E-state index in [1.165, 1.54) is 16.4 Å². The third-order valence-electron chi connectivity index (χ3n) is 4.47. The van der Waals surface area contributed by atoms with Crippen LogP contribution in [0.4, 0.5) is 5.69 Å². The second-order valence-electron chi connectivity index (χ2n) is 6.47. The zero-order valence-corrected chi connectivity index (χ0v) is 17.1. The number of anilines is 1. The zero-order valence-electron chi connectivity index (χ0n) is 16.3. The Hall–Kier alpha value is -2.62. The summed E-state index contributed by atoms with van der Waals surface area (Å²) in [4.78, 5) is 12.5. The largest absolute Gasteiger partial charge is 0.497 e. The molecular weight excluding hydrogens is 396 g/mol. The molecule has 2 aromatic carbocycles. The molecule has 0 bridgehead atoms. The number of sulfonamides is 1. The Balaban J connectivity index is 1.60. The molecule has 1 aliphatic heterocycles. The molecule has 0 aromatic heterocycles. The highest BCUT2D eigenvalue weighted by atomic mass is 32.2. The summed E-state index contributed by atoms with van der Waals surface area (Å²) in [5.74, 6) is 0.895. The van der Waals surface area contributed by atoms with Crippen LogP contribution in [0.25, 0.3) is 0 Å². The molecule has 0 saturated carbocycles. The molecule has 156 valence electrons. The number of methoxy groups -OCH3 is 1. The van der Waals surface area contributed by atoms with Crippen LogP contribution < -0.4 is 14.8 Å². The predicted molar refractivity (Wildman–Crippen MR) is 108 cm³/mol. The first kappa shape index (κ1) is 21.1. The van der Waals surface area contributed by atoms with E-state index in [-0.39, 0.29) is 10.8 Å². The lowest BCUT2D eigenvalue weighted by atomic mass is 10.3. The average Bonchev–Trinajstić information content (AvgIpc) is 2.75. The van der Waals surface area contributed by atoms with Crippen LogP contribution in [-0.2, 0) is 19.6 Å². The van der Waals surface area contributed by atoms with Gasteiger partial charge in [0.25, 0.3) is 5.91 Å². The summed E-state index contributed by atoms with van der Waals surface area (Å²) in [6.45, 7) is 3.08. The minimum atomic E-state index is -3.56. The lowest BCUT2D eigenvalue weighted by Crippen LogP contribution is -2.40. The number of ether oxygens (including phenoxy) is 3. The lowest BCUT2D eigenvalue weighted by molar-refractivity contribution is -0.122. The van der Waals surface area contributed by atoms with Gasteiger partial charge in [-0.2, -0.15) is 4.31 Å². The minimum Gasteiger partial charge on any atom is -0.497 e. The third-order valence-corrected chi connectivity index (χ3v) is 6.38. The van der Waals surface area contributed by atoms with Crippen LogP contribution in [0.3, 0.4) is 0 Å². The van der Waals surface area contributed by atoms with Crippen molar-refractivity contribution in [3.05, 3.63) is 48.5 Å². The number of benzene rings is 2. The van der Waals surface area contributed by atoms with Gasteiger partial charge in [-0.1, -0.05) is 0 Å². The summed E-state index contributed by atoms with van der Waals surface area (Å²) < 4.78 is 42.6. The second kappa shape index (κ2) is 9.25. The molecule has 0 unspecified atom stereocenters. The normalized spacial score (nSPS) is 16.1. The standard InChI is InChI=1S/C20H24N2O6S/c1-15(28-18-7-5-17(26-2)6-8-18)20(23)21-16-3-9-19(10-4-16)29(24,25)22-11-13-27-14-12-22/h3-10,15H,11-14H2,1-2H3,(H,21,23)/t15-/m0/s1. The van der Waals surface area contributed by atoms with E-state index in [4.69, 9.17) is 14.2 Å². The molecule has 0 radical (unpaired) electrons. The summed E-state index contributed by atoms with van der Waals surface area (Å²) in [5.41, 5.74) is 0.487. The van der Waals surface area contributed by atoms with Crippen LogP contribution in [0.15, 0.2) is 53.4 Å². The van der Waals surface area contributed by atoms with Crippen LogP contribution in [0.1, 0.15) is 6.92 Å². The molecule has 1 N–H and O–H groups in total. The summed E-state index contributed by atoms with van der Waals surface area (Å²) in [5, 5.41) is 2.73. The summed E-state index contributed by atoms with van der Waals surface area (Å²) in [7, 11) is -1.99. The van der Waals surface area contributed by atoms with Gasteiger partial charge < -0.3 is 19.5 Å². The maximum atomic E-state index is 12.6. The Morgan fingerprint density at radius 2 is 1.62 bits per heavy atom. The molecule has 9 heteroatoms. The van der Waals surface area contributed by atoms with Crippen molar-refractivity contribution in [3.63, 3.8) is 0 Å². The van der Waals surface area contributed by atoms with Gasteiger partial charge >= 0.3 is 0 Å². The number of carbonyl (C=O) groups excluding carboxylic acids is 1. The number of hydrogen-bond acceptors (Lipinski definition) is 6. The fraction of sp³-hybridized carbons (Fsp3) is 0.350. The number of nitrogens with zero attached hydrogens (tertiary/aromatic N) is 1. The maximum absolute atomic E-state index is 12.6. The van der Waals surface area contributed by atoms with E-state index in [9.17, 15) is 13.2 Å². The maximum Gasteiger partial charge on any atom is 0.265 e. The highest BCUT2D eigenvalue weighted by Crippen LogP contribution is 2.21. The lowest BCUT2D eigenvalue weighted by Gasteiger charge is -2.26. The van der Waals surface area contributed by atoms with Crippen molar-refractivity contribution in [1.29, 1.82) is 0 Å². The van der Waals surface area contributed by atoms with E-state index in [0.717, 1.165) is 0 Å². The molecule has 2 aromatic rings. The molecule has 1 atom stereocenters. The summed E-state index contributed by atoms with van der Waals surface area (Å²) >= 11 is 0. The van der Waals surface area contributed by atoms with E-state index in [1.54, 1.807) is 50.4 Å². The van der Waals surface area contributed by atoms with Gasteiger partial charge in [-0.3, -0.25) is 4.79 Å². The fourth-order valence-electron chi connectivity index (χ4n) is 2.80. The Kier molecular flexibility index (Phi) is 6.73. The van der Waals surface area contributed by atoms with Gasteiger partial charge in [-0.15, -0.1) is 0 Å². The molecule has 1 amide bonds. The third kappa shape index (κ3) is 5.26. The smallest absolute Gasteiger partial charge is 0.265 e. The molecule has 1 saturated heterocycles. The van der Waals surface area contributed by atoms with E-state index in [2.05, 4.69) is 5.32 Å². The van der Waals surface area contributed by atoms with Crippen molar-refractivity contribution in [1.82, 2.24) is 4.31 Å². The first-order valence-corrected chi connectivity index (χ1v) is 10.6. The highest BCUT2D eigenvalue weighted by molar-refractivity contribution is 7.89. The van der Waals surface area contributed by atoms with Gasteiger partial charge in [0.1, 0.15) is 11.5 Å². The highest BCUT2D eigenvalue weighted by Gasteiger charge is 2.26. The van der Waals surface area contributed by atoms with E-state index in [0.29, 0.717) is 43.5 Å². The van der Waals surface area contributed by atoms with Gasteiger partial charge in [-0.05, 0) is 55.5 Å². The minimum absolute atomic E-state index is 0.180. The average molecular weight is 420 g/mol. The number of morpholine rings is 1. The van der Waals surface area contributed by atoms with Crippen molar-refractivity contribution >= 4 is 21.6 Å². The Morgan fingerprint density at radius 1 is 1.03 bits per heavy atom. The van der Waals surface area contributed by atoms with Gasteiger partial charge in [0, 0.05) is 18.8 Å². The van der Waals surface area contributed by atoms with Crippen molar-refractivity contribution < 1.29 is 27.4 Å². The summed E-state index contributed by atoms with van der Waals surface area (Å²) in [6.07, 6.45) is -0.736. The number of carbonyl (C=O) groups is 1. The van der Waals surface area contributed by atoms with Gasteiger partial charge in [0.15, 0.2) is 6.10 Å². The first-order valence-electron chi connectivity index (χ1n) is 9.19. The molecular formula is C20H24N2O6S. The first-order chi connectivity index (χ1) is 13.9. The number of amides is 1. The van der Waals surface area contributed by atoms with Crippen LogP contribution in [0.2, 0.25) is 0 Å². The van der Waals surface area contributed by atoms with E-state index >= 15 is 0 Å². The monoisotopic (exact) mass is 420 g/mol. The van der Waals surface area contributed by atoms with E-state index < -0.39 is 16.1 Å².